The first-order valence-electron chi connectivity index (χ1n) is 12.8. The molecule has 2 N–H and O–H groups in total. The van der Waals surface area contributed by atoms with E-state index in [1.807, 2.05) is 25.1 Å². The number of fused-ring (bicyclic) bond motifs is 1. The third-order valence-electron chi connectivity index (χ3n) is 7.34. The Hall–Kier alpha value is -2.40. The van der Waals surface area contributed by atoms with Crippen molar-refractivity contribution in [1.29, 1.82) is 0 Å². The van der Waals surface area contributed by atoms with Crippen LogP contribution in [0.25, 0.3) is 0 Å². The Bertz CT molecular complexity index is 1300. The Kier molecular flexibility index (Phi) is 7.39. The van der Waals surface area contributed by atoms with Crippen molar-refractivity contribution in [3.05, 3.63) is 64.3 Å². The molecule has 0 saturated carbocycles. The van der Waals surface area contributed by atoms with Crippen molar-refractivity contribution in [3.8, 4) is 0 Å². The van der Waals surface area contributed by atoms with E-state index >= 15 is 0 Å². The zero-order valence-corrected chi connectivity index (χ0v) is 23.0. The summed E-state index contributed by atoms with van der Waals surface area (Å²) in [6.07, 6.45) is 8.99. The van der Waals surface area contributed by atoms with Crippen LogP contribution >= 0.6 is 18.7 Å². The van der Waals surface area contributed by atoms with Crippen molar-refractivity contribution in [2.75, 3.05) is 37.1 Å². The van der Waals surface area contributed by atoms with Gasteiger partial charge in [-0.15, -0.1) is 0 Å². The number of benzene rings is 2. The summed E-state index contributed by atoms with van der Waals surface area (Å²) in [5.74, 6) is 0.950. The second kappa shape index (κ2) is 10.5. The number of aryl methyl sites for hydroxylation is 3. The van der Waals surface area contributed by atoms with E-state index in [9.17, 15) is 4.57 Å². The number of likely N-dealkylation sites (tertiary alicyclic amines) is 1. The molecule has 1 aliphatic heterocycles. The van der Waals surface area contributed by atoms with Crippen LogP contribution in [0.5, 0.6) is 0 Å². The average molecular weight is 524 g/mol. The first-order valence-corrected chi connectivity index (χ1v) is 15.8. The van der Waals surface area contributed by atoms with E-state index in [-0.39, 0.29) is 0 Å². The van der Waals surface area contributed by atoms with Gasteiger partial charge in [0.25, 0.3) is 0 Å². The Labute approximate surface area is 219 Å². The van der Waals surface area contributed by atoms with Crippen molar-refractivity contribution >= 4 is 47.2 Å². The van der Waals surface area contributed by atoms with Crippen LogP contribution < -0.4 is 15.9 Å². The highest BCUT2D eigenvalue weighted by Crippen LogP contribution is 2.39. The molecule has 1 aliphatic carbocycles. The molecule has 3 aromatic rings. The number of nitrogens with one attached hydrogen (secondary N) is 2. The SMILES string of the molecule is Cc1ccc(Nc2nc(Nc3ccc4c(c3)CC[C@H](N3CCCC3)CC4)ncc2Cl)c(P(C)(C)=O)c1. The summed E-state index contributed by atoms with van der Waals surface area (Å²) < 4.78 is 12.9. The highest BCUT2D eigenvalue weighted by molar-refractivity contribution is 7.70. The van der Waals surface area contributed by atoms with Crippen LogP contribution in [-0.2, 0) is 17.4 Å². The van der Waals surface area contributed by atoms with Gasteiger partial charge in [-0.05, 0) is 107 Å². The van der Waals surface area contributed by atoms with Gasteiger partial charge in [-0.25, -0.2) is 4.98 Å². The lowest BCUT2D eigenvalue weighted by Crippen LogP contribution is -2.32. The topological polar surface area (TPSA) is 70.2 Å². The molecule has 1 saturated heterocycles. The molecule has 1 aromatic heterocycles. The third kappa shape index (κ3) is 5.77. The second-order valence-corrected chi connectivity index (χ2v) is 14.1. The van der Waals surface area contributed by atoms with Crippen molar-refractivity contribution in [2.24, 2.45) is 0 Å². The maximum absolute atomic E-state index is 12.9. The van der Waals surface area contributed by atoms with E-state index in [1.54, 1.807) is 19.5 Å². The summed E-state index contributed by atoms with van der Waals surface area (Å²) >= 11 is 6.44. The van der Waals surface area contributed by atoms with Crippen molar-refractivity contribution < 1.29 is 4.57 Å². The molecule has 0 unspecified atom stereocenters. The van der Waals surface area contributed by atoms with Crippen molar-refractivity contribution in [2.45, 2.75) is 51.5 Å². The molecule has 5 rings (SSSR count). The first kappa shape index (κ1) is 25.3. The molecule has 0 spiro atoms. The zero-order chi connectivity index (χ0) is 25.3. The van der Waals surface area contributed by atoms with E-state index in [1.165, 1.54) is 49.9 Å². The lowest BCUT2D eigenvalue weighted by atomic mass is 10.0. The van der Waals surface area contributed by atoms with Gasteiger partial charge in [-0.3, -0.25) is 0 Å². The minimum Gasteiger partial charge on any atom is -0.338 e. The highest BCUT2D eigenvalue weighted by Gasteiger charge is 2.24. The number of anilines is 4. The molecule has 8 heteroatoms. The highest BCUT2D eigenvalue weighted by atomic mass is 35.5. The van der Waals surface area contributed by atoms with E-state index in [2.05, 4.69) is 43.7 Å². The van der Waals surface area contributed by atoms with Gasteiger partial charge in [-0.2, -0.15) is 4.98 Å². The van der Waals surface area contributed by atoms with Gasteiger partial charge in [0.2, 0.25) is 5.95 Å². The van der Waals surface area contributed by atoms with Gasteiger partial charge >= 0.3 is 0 Å². The predicted molar refractivity (Wildman–Crippen MR) is 152 cm³/mol. The largest absolute Gasteiger partial charge is 0.338 e. The van der Waals surface area contributed by atoms with E-state index in [4.69, 9.17) is 11.6 Å². The fourth-order valence-corrected chi connectivity index (χ4v) is 6.77. The van der Waals surface area contributed by atoms with Crippen molar-refractivity contribution in [1.82, 2.24) is 14.9 Å². The Morgan fingerprint density at radius 2 is 1.75 bits per heavy atom. The van der Waals surface area contributed by atoms with Gasteiger partial charge < -0.3 is 20.1 Å². The molecule has 36 heavy (non-hydrogen) atoms. The number of rotatable bonds is 6. The average Bonchev–Trinajstić information content (AvgIpc) is 3.29. The van der Waals surface area contributed by atoms with E-state index < -0.39 is 7.14 Å². The number of hydrogen-bond donors (Lipinski definition) is 2. The van der Waals surface area contributed by atoms with Gasteiger partial charge in [0.15, 0.2) is 5.82 Å². The molecule has 6 nitrogen and oxygen atoms in total. The standard InChI is InChI=1S/C28H35ClN5OP/c1-19-6-13-25(26(16-19)36(2,3)35)32-27-24(29)18-30-28(33-27)31-22-10-7-20-8-11-23(12-9-21(20)17-22)34-14-4-5-15-34/h6-7,10,13,16-18,23H,4-5,8-9,11-12,14-15H2,1-3H3,(H2,30,31,32,33)/t23-/m1/s1. The first-order chi connectivity index (χ1) is 17.3. The minimum atomic E-state index is -2.50. The molecule has 0 radical (unpaired) electrons. The van der Waals surface area contributed by atoms with Gasteiger partial charge in [0.05, 0.1) is 11.9 Å². The summed E-state index contributed by atoms with van der Waals surface area (Å²) in [6, 6.07) is 13.2. The van der Waals surface area contributed by atoms with Gasteiger partial charge in [0, 0.05) is 17.0 Å². The van der Waals surface area contributed by atoms with Crippen LogP contribution in [0.2, 0.25) is 5.02 Å². The quantitative estimate of drug-likeness (QED) is 0.283. The van der Waals surface area contributed by atoms with Crippen LogP contribution in [0, 0.1) is 6.92 Å². The van der Waals surface area contributed by atoms with E-state index in [0.29, 0.717) is 22.8 Å². The Morgan fingerprint density at radius 1 is 1.00 bits per heavy atom. The minimum absolute atomic E-state index is 0.406. The van der Waals surface area contributed by atoms with Crippen LogP contribution in [0.3, 0.4) is 0 Å². The van der Waals surface area contributed by atoms with Crippen LogP contribution in [0.1, 0.15) is 42.4 Å². The fraction of sp³-hybridized carbons (Fsp3) is 0.429. The van der Waals surface area contributed by atoms with Gasteiger partial charge in [-0.1, -0.05) is 29.3 Å². The maximum Gasteiger partial charge on any atom is 0.229 e. The molecule has 2 heterocycles. The molecular weight excluding hydrogens is 489 g/mol. The summed E-state index contributed by atoms with van der Waals surface area (Å²) in [4.78, 5) is 11.7. The van der Waals surface area contributed by atoms with Crippen LogP contribution in [-0.4, -0.2) is 47.3 Å². The number of aromatic nitrogens is 2. The number of nitrogens with zero attached hydrogens (tertiary/aromatic N) is 3. The van der Waals surface area contributed by atoms with Crippen LogP contribution in [0.15, 0.2) is 42.6 Å². The summed E-state index contributed by atoms with van der Waals surface area (Å²) in [7, 11) is -2.50. The third-order valence-corrected chi connectivity index (χ3v) is 9.15. The normalized spacial score (nSPS) is 18.5. The molecule has 0 amide bonds. The molecule has 1 atom stereocenters. The fourth-order valence-electron chi connectivity index (χ4n) is 5.41. The smallest absolute Gasteiger partial charge is 0.229 e. The predicted octanol–water partition coefficient (Wildman–Crippen LogP) is 6.52. The Balaban J connectivity index is 1.33. The van der Waals surface area contributed by atoms with Gasteiger partial charge in [0.1, 0.15) is 12.2 Å². The lowest BCUT2D eigenvalue weighted by molar-refractivity contribution is 0.222. The number of halogens is 1. The lowest BCUT2D eigenvalue weighted by Gasteiger charge is -2.25. The monoisotopic (exact) mass is 523 g/mol. The summed E-state index contributed by atoms with van der Waals surface area (Å²) in [5.41, 5.74) is 5.66. The molecule has 2 aromatic carbocycles. The molecule has 190 valence electrons. The molecular formula is C28H35ClN5OP. The van der Waals surface area contributed by atoms with Crippen molar-refractivity contribution in [3.63, 3.8) is 0 Å². The second-order valence-electron chi connectivity index (χ2n) is 10.5. The van der Waals surface area contributed by atoms with Crippen LogP contribution in [0.4, 0.5) is 23.1 Å². The molecule has 0 bridgehead atoms. The molecule has 1 fully saturated rings. The Morgan fingerprint density at radius 3 is 2.50 bits per heavy atom. The van der Waals surface area contributed by atoms with E-state index in [0.717, 1.165) is 35.1 Å². The zero-order valence-electron chi connectivity index (χ0n) is 21.4. The molecule has 2 aliphatic rings. The number of hydrogen-bond acceptors (Lipinski definition) is 6. The summed E-state index contributed by atoms with van der Waals surface area (Å²) in [5, 5.41) is 7.84. The summed E-state index contributed by atoms with van der Waals surface area (Å²) in [6.45, 7) is 8.06. The maximum atomic E-state index is 12.9.